The zero-order valence-corrected chi connectivity index (χ0v) is 9.28. The van der Waals surface area contributed by atoms with Gasteiger partial charge in [-0.2, -0.15) is 0 Å². The molecule has 0 heterocycles. The van der Waals surface area contributed by atoms with Crippen LogP contribution in [0.3, 0.4) is 0 Å². The average molecular weight is 245 g/mol. The molecule has 16 heavy (non-hydrogen) atoms. The second-order valence-corrected chi connectivity index (χ2v) is 5.05. The van der Waals surface area contributed by atoms with E-state index in [1.807, 2.05) is 0 Å². The average Bonchev–Trinajstić information content (AvgIpc) is 2.20. The maximum atomic E-state index is 11.2. The molecule has 0 aromatic heterocycles. The Hall–Kier alpha value is -1.76. The summed E-state index contributed by atoms with van der Waals surface area (Å²) in [6.07, 6.45) is 0. The minimum Gasteiger partial charge on any atom is -0.507 e. The molecule has 0 aliphatic heterocycles. The van der Waals surface area contributed by atoms with E-state index in [1.54, 1.807) is 0 Å². The summed E-state index contributed by atoms with van der Waals surface area (Å²) in [4.78, 5) is 10.7. The van der Waals surface area contributed by atoms with Crippen LogP contribution < -0.4 is 4.72 Å². The second-order valence-electron chi connectivity index (χ2n) is 3.04. The van der Waals surface area contributed by atoms with Crippen LogP contribution >= 0.6 is 0 Å². The Morgan fingerprint density at radius 1 is 1.44 bits per heavy atom. The van der Waals surface area contributed by atoms with Crippen LogP contribution in [0, 0.1) is 0 Å². The van der Waals surface area contributed by atoms with Crippen molar-refractivity contribution in [1.29, 1.82) is 0 Å². The molecular weight excluding hydrogens is 234 g/mol. The quantitative estimate of drug-likeness (QED) is 0.682. The number of benzene rings is 1. The number of nitrogens with one attached hydrogen (secondary N) is 1. The lowest BCUT2D eigenvalue weighted by Gasteiger charge is -2.07. The van der Waals surface area contributed by atoms with E-state index < -0.39 is 21.7 Å². The molecule has 1 aromatic carbocycles. The van der Waals surface area contributed by atoms with Crippen LogP contribution in [0.15, 0.2) is 18.2 Å². The SMILES string of the molecule is CCS(=O)(=O)Nc1ccc(O)c(C(=O)O)c1. The fourth-order valence-electron chi connectivity index (χ4n) is 1.02. The van der Waals surface area contributed by atoms with Crippen molar-refractivity contribution >= 4 is 21.7 Å². The molecule has 6 nitrogen and oxygen atoms in total. The predicted octanol–water partition coefficient (Wildman–Crippen LogP) is 0.852. The number of hydrogen-bond acceptors (Lipinski definition) is 4. The van der Waals surface area contributed by atoms with Gasteiger partial charge in [-0.3, -0.25) is 4.72 Å². The first-order valence-corrected chi connectivity index (χ1v) is 6.07. The van der Waals surface area contributed by atoms with Crippen LogP contribution in [0.4, 0.5) is 5.69 Å². The molecule has 0 atom stereocenters. The second kappa shape index (κ2) is 4.40. The largest absolute Gasteiger partial charge is 0.507 e. The van der Waals surface area contributed by atoms with Crippen molar-refractivity contribution in [3.63, 3.8) is 0 Å². The van der Waals surface area contributed by atoms with Crippen LogP contribution in [0.1, 0.15) is 17.3 Å². The summed E-state index contributed by atoms with van der Waals surface area (Å²) in [5.74, 6) is -1.85. The number of carbonyl (C=O) groups is 1. The van der Waals surface area contributed by atoms with Gasteiger partial charge in [-0.15, -0.1) is 0 Å². The van der Waals surface area contributed by atoms with Crippen LogP contribution in [0.2, 0.25) is 0 Å². The minimum atomic E-state index is -3.45. The van der Waals surface area contributed by atoms with Crippen molar-refractivity contribution in [1.82, 2.24) is 0 Å². The molecule has 0 saturated heterocycles. The van der Waals surface area contributed by atoms with Crippen molar-refractivity contribution in [2.75, 3.05) is 10.5 Å². The van der Waals surface area contributed by atoms with Gasteiger partial charge in [-0.1, -0.05) is 0 Å². The van der Waals surface area contributed by atoms with Gasteiger partial charge in [0.25, 0.3) is 0 Å². The Morgan fingerprint density at radius 2 is 2.06 bits per heavy atom. The predicted molar refractivity (Wildman–Crippen MR) is 58.1 cm³/mol. The Bertz CT molecular complexity index is 509. The first kappa shape index (κ1) is 12.3. The molecule has 0 aliphatic carbocycles. The lowest BCUT2D eigenvalue weighted by atomic mass is 10.2. The molecule has 88 valence electrons. The van der Waals surface area contributed by atoms with E-state index >= 15 is 0 Å². The first-order valence-electron chi connectivity index (χ1n) is 4.42. The molecule has 3 N–H and O–H groups in total. The monoisotopic (exact) mass is 245 g/mol. The van der Waals surface area contributed by atoms with Gasteiger partial charge in [0.15, 0.2) is 0 Å². The van der Waals surface area contributed by atoms with Gasteiger partial charge in [-0.05, 0) is 25.1 Å². The van der Waals surface area contributed by atoms with Crippen molar-refractivity contribution < 1.29 is 23.4 Å². The summed E-state index contributed by atoms with van der Waals surface area (Å²) in [5.41, 5.74) is -0.242. The zero-order chi connectivity index (χ0) is 12.3. The van der Waals surface area contributed by atoms with Gasteiger partial charge in [0.05, 0.1) is 5.75 Å². The third kappa shape index (κ3) is 2.86. The van der Waals surface area contributed by atoms with Gasteiger partial charge in [0.1, 0.15) is 11.3 Å². The van der Waals surface area contributed by atoms with E-state index in [4.69, 9.17) is 5.11 Å². The van der Waals surface area contributed by atoms with E-state index in [0.717, 1.165) is 12.1 Å². The van der Waals surface area contributed by atoms with Gasteiger partial charge in [0.2, 0.25) is 10.0 Å². The maximum absolute atomic E-state index is 11.2. The highest BCUT2D eigenvalue weighted by molar-refractivity contribution is 7.92. The number of phenols is 1. The van der Waals surface area contributed by atoms with Crippen molar-refractivity contribution in [2.24, 2.45) is 0 Å². The smallest absolute Gasteiger partial charge is 0.339 e. The van der Waals surface area contributed by atoms with Crippen molar-refractivity contribution in [3.05, 3.63) is 23.8 Å². The standard InChI is InChI=1S/C9H11NO5S/c1-2-16(14,15)10-6-3-4-8(11)7(5-6)9(12)13/h3-5,10-11H,2H2,1H3,(H,12,13). The van der Waals surface area contributed by atoms with E-state index in [0.29, 0.717) is 0 Å². The number of aromatic carboxylic acids is 1. The summed E-state index contributed by atoms with van der Waals surface area (Å²) >= 11 is 0. The maximum Gasteiger partial charge on any atom is 0.339 e. The molecule has 0 unspecified atom stereocenters. The Labute approximate surface area is 92.6 Å². The molecule has 0 spiro atoms. The zero-order valence-electron chi connectivity index (χ0n) is 8.47. The molecular formula is C9H11NO5S. The summed E-state index contributed by atoms with van der Waals surface area (Å²) in [5, 5.41) is 17.9. The third-order valence-electron chi connectivity index (χ3n) is 1.88. The molecule has 0 bridgehead atoms. The topological polar surface area (TPSA) is 104 Å². The molecule has 0 amide bonds. The summed E-state index contributed by atoms with van der Waals surface area (Å²) < 4.78 is 24.6. The van der Waals surface area contributed by atoms with Gasteiger partial charge >= 0.3 is 5.97 Å². The molecule has 0 fully saturated rings. The molecule has 0 aliphatic rings. The van der Waals surface area contributed by atoms with Gasteiger partial charge < -0.3 is 10.2 Å². The number of rotatable bonds is 4. The Kier molecular flexibility index (Phi) is 3.38. The van der Waals surface area contributed by atoms with Crippen LogP contribution in [-0.4, -0.2) is 30.4 Å². The number of hydrogen-bond donors (Lipinski definition) is 3. The molecule has 1 rings (SSSR count). The fourth-order valence-corrected chi connectivity index (χ4v) is 1.65. The van der Waals surface area contributed by atoms with Crippen LogP contribution in [-0.2, 0) is 10.0 Å². The highest BCUT2D eigenvalue weighted by atomic mass is 32.2. The van der Waals surface area contributed by atoms with E-state index in [-0.39, 0.29) is 17.0 Å². The van der Waals surface area contributed by atoms with Crippen molar-refractivity contribution in [3.8, 4) is 5.75 Å². The molecule has 7 heteroatoms. The van der Waals surface area contributed by atoms with Crippen LogP contribution in [0.5, 0.6) is 5.75 Å². The van der Waals surface area contributed by atoms with Gasteiger partial charge in [-0.25, -0.2) is 13.2 Å². The Morgan fingerprint density at radius 3 is 2.56 bits per heavy atom. The number of anilines is 1. The van der Waals surface area contributed by atoms with Crippen molar-refractivity contribution in [2.45, 2.75) is 6.92 Å². The first-order chi connectivity index (χ1) is 7.35. The fraction of sp³-hybridized carbons (Fsp3) is 0.222. The summed E-state index contributed by atoms with van der Waals surface area (Å²) in [6.45, 7) is 1.46. The molecule has 0 radical (unpaired) electrons. The van der Waals surface area contributed by atoms with E-state index in [2.05, 4.69) is 4.72 Å². The lowest BCUT2D eigenvalue weighted by Crippen LogP contribution is -2.14. The summed E-state index contributed by atoms with van der Waals surface area (Å²) in [7, 11) is -3.45. The Balaban J connectivity index is 3.09. The lowest BCUT2D eigenvalue weighted by molar-refractivity contribution is 0.0694. The number of sulfonamides is 1. The third-order valence-corrected chi connectivity index (χ3v) is 3.19. The number of aromatic hydroxyl groups is 1. The number of carboxylic acid groups (broad SMARTS) is 1. The molecule has 1 aromatic rings. The van der Waals surface area contributed by atoms with Gasteiger partial charge in [0, 0.05) is 5.69 Å². The minimum absolute atomic E-state index is 0.108. The van der Waals surface area contributed by atoms with Crippen LogP contribution in [0.25, 0.3) is 0 Å². The normalized spacial score (nSPS) is 11.1. The highest BCUT2D eigenvalue weighted by Gasteiger charge is 2.12. The highest BCUT2D eigenvalue weighted by Crippen LogP contribution is 2.22. The van der Waals surface area contributed by atoms with E-state index in [1.165, 1.54) is 13.0 Å². The van der Waals surface area contributed by atoms with E-state index in [9.17, 15) is 18.3 Å². The molecule has 0 saturated carbocycles. The number of carboxylic acids is 1. The summed E-state index contributed by atoms with van der Waals surface area (Å²) in [6, 6.07) is 3.47.